The van der Waals surface area contributed by atoms with Crippen LogP contribution in [0.15, 0.2) is 47.0 Å². The van der Waals surface area contributed by atoms with E-state index in [-0.39, 0.29) is 17.9 Å². The summed E-state index contributed by atoms with van der Waals surface area (Å²) in [5, 5.41) is 7.30. The Morgan fingerprint density at radius 1 is 1.14 bits per heavy atom. The summed E-state index contributed by atoms with van der Waals surface area (Å²) < 4.78 is 22.1. The maximum absolute atomic E-state index is 13.1. The van der Waals surface area contributed by atoms with E-state index >= 15 is 0 Å². The molecule has 1 N–H and O–H groups in total. The molecule has 0 radical (unpaired) electrons. The van der Waals surface area contributed by atoms with Crippen molar-refractivity contribution in [3.8, 4) is 28.6 Å². The van der Waals surface area contributed by atoms with Crippen LogP contribution < -0.4 is 19.5 Å². The molecule has 1 saturated heterocycles. The molecule has 0 saturated carbocycles. The van der Waals surface area contributed by atoms with Crippen LogP contribution in [0, 0.1) is 5.92 Å². The first-order valence-electron chi connectivity index (χ1n) is 12.9. The predicted octanol–water partition coefficient (Wildman–Crippen LogP) is 4.63. The summed E-state index contributed by atoms with van der Waals surface area (Å²) in [4.78, 5) is 19.9. The van der Waals surface area contributed by atoms with Crippen LogP contribution in [0.25, 0.3) is 11.4 Å². The van der Waals surface area contributed by atoms with Gasteiger partial charge in [0.05, 0.1) is 38.8 Å². The predicted molar refractivity (Wildman–Crippen MR) is 140 cm³/mol. The van der Waals surface area contributed by atoms with Crippen LogP contribution in [-0.2, 0) is 11.3 Å². The van der Waals surface area contributed by atoms with Gasteiger partial charge < -0.3 is 24.1 Å². The number of likely N-dealkylation sites (tertiary alicyclic amines) is 1. The minimum Gasteiger partial charge on any atom is -0.497 e. The van der Waals surface area contributed by atoms with Crippen LogP contribution in [0.3, 0.4) is 0 Å². The van der Waals surface area contributed by atoms with Crippen molar-refractivity contribution in [2.45, 2.75) is 46.2 Å². The number of piperidine rings is 1. The number of amides is 1. The van der Waals surface area contributed by atoms with Gasteiger partial charge in [-0.05, 0) is 82.1 Å². The fraction of sp³-hybridized carbons (Fsp3) is 0.464. The molecule has 9 nitrogen and oxygen atoms in total. The molecule has 2 heterocycles. The number of methoxy groups -OCH3 is 1. The molecule has 1 aromatic heterocycles. The first kappa shape index (κ1) is 26.5. The number of rotatable bonds is 11. The standard InChI is InChI=1S/C28H36N4O5/c1-5-35-24-14-11-21(16-25(24)36-6-2)19(3)29-28(33)22-8-7-15-32(17-22)18-26-30-27(31-37-26)20-9-12-23(34-4)13-10-20/h9-14,16,19,22H,5-8,15,17-18H2,1-4H3,(H,29,33). The molecule has 2 aromatic carbocycles. The highest BCUT2D eigenvalue weighted by molar-refractivity contribution is 5.79. The Labute approximate surface area is 218 Å². The summed E-state index contributed by atoms with van der Waals surface area (Å²) in [5.41, 5.74) is 1.84. The van der Waals surface area contributed by atoms with E-state index in [4.69, 9.17) is 18.7 Å². The van der Waals surface area contributed by atoms with Crippen molar-refractivity contribution in [1.29, 1.82) is 0 Å². The molecule has 3 aromatic rings. The monoisotopic (exact) mass is 508 g/mol. The fourth-order valence-electron chi connectivity index (χ4n) is 4.53. The number of hydrogen-bond acceptors (Lipinski definition) is 8. The topological polar surface area (TPSA) is 99.0 Å². The highest BCUT2D eigenvalue weighted by Gasteiger charge is 2.28. The minimum absolute atomic E-state index is 0.0495. The van der Waals surface area contributed by atoms with Gasteiger partial charge in [0.25, 0.3) is 0 Å². The van der Waals surface area contributed by atoms with E-state index < -0.39 is 0 Å². The number of nitrogens with zero attached hydrogens (tertiary/aromatic N) is 3. The van der Waals surface area contributed by atoms with Crippen molar-refractivity contribution in [2.24, 2.45) is 5.92 Å². The average molecular weight is 509 g/mol. The van der Waals surface area contributed by atoms with Crippen molar-refractivity contribution in [1.82, 2.24) is 20.4 Å². The third-order valence-electron chi connectivity index (χ3n) is 6.48. The molecule has 4 rings (SSSR count). The molecule has 2 atom stereocenters. The smallest absolute Gasteiger partial charge is 0.241 e. The Morgan fingerprint density at radius 2 is 1.89 bits per heavy atom. The molecule has 1 aliphatic heterocycles. The van der Waals surface area contributed by atoms with E-state index in [1.54, 1.807) is 7.11 Å². The molecule has 9 heteroatoms. The van der Waals surface area contributed by atoms with Gasteiger partial charge in [-0.25, -0.2) is 0 Å². The Balaban J connectivity index is 1.34. The van der Waals surface area contributed by atoms with Gasteiger partial charge in [-0.15, -0.1) is 0 Å². The summed E-state index contributed by atoms with van der Waals surface area (Å²) in [6, 6.07) is 13.2. The van der Waals surface area contributed by atoms with Gasteiger partial charge in [0.2, 0.25) is 17.6 Å². The van der Waals surface area contributed by atoms with Gasteiger partial charge in [0, 0.05) is 12.1 Å². The molecule has 37 heavy (non-hydrogen) atoms. The van der Waals surface area contributed by atoms with Crippen LogP contribution in [0.4, 0.5) is 0 Å². The van der Waals surface area contributed by atoms with Crippen molar-refractivity contribution >= 4 is 5.91 Å². The maximum atomic E-state index is 13.1. The molecule has 0 spiro atoms. The number of ether oxygens (including phenoxy) is 3. The van der Waals surface area contributed by atoms with Crippen LogP contribution in [0.2, 0.25) is 0 Å². The van der Waals surface area contributed by atoms with Gasteiger partial charge in [-0.2, -0.15) is 4.98 Å². The van der Waals surface area contributed by atoms with Crippen molar-refractivity contribution in [3.63, 3.8) is 0 Å². The molecule has 1 amide bonds. The van der Waals surface area contributed by atoms with Crippen molar-refractivity contribution in [3.05, 3.63) is 53.9 Å². The van der Waals surface area contributed by atoms with E-state index in [0.29, 0.717) is 49.5 Å². The molecule has 0 aliphatic carbocycles. The van der Waals surface area contributed by atoms with E-state index in [1.807, 2.05) is 63.2 Å². The number of nitrogens with one attached hydrogen (secondary N) is 1. The maximum Gasteiger partial charge on any atom is 0.241 e. The third-order valence-corrected chi connectivity index (χ3v) is 6.48. The quantitative estimate of drug-likeness (QED) is 0.400. The lowest BCUT2D eigenvalue weighted by molar-refractivity contribution is -0.127. The number of benzene rings is 2. The summed E-state index contributed by atoms with van der Waals surface area (Å²) in [6.07, 6.45) is 1.78. The molecule has 198 valence electrons. The number of aromatic nitrogens is 2. The average Bonchev–Trinajstić information content (AvgIpc) is 3.38. The SMILES string of the molecule is CCOc1ccc(C(C)NC(=O)C2CCCN(Cc3nc(-c4ccc(OC)cc4)no3)C2)cc1OCC. The second-order valence-electron chi connectivity index (χ2n) is 9.12. The van der Waals surface area contributed by atoms with Crippen LogP contribution in [-0.4, -0.2) is 54.4 Å². The lowest BCUT2D eigenvalue weighted by Crippen LogP contribution is -2.43. The molecular weight excluding hydrogens is 472 g/mol. The van der Waals surface area contributed by atoms with Gasteiger partial charge in [-0.3, -0.25) is 9.69 Å². The highest BCUT2D eigenvalue weighted by atomic mass is 16.5. The Bertz CT molecular complexity index is 1160. The second-order valence-corrected chi connectivity index (χ2v) is 9.12. The van der Waals surface area contributed by atoms with Gasteiger partial charge in [0.15, 0.2) is 11.5 Å². The van der Waals surface area contributed by atoms with Crippen molar-refractivity contribution in [2.75, 3.05) is 33.4 Å². The van der Waals surface area contributed by atoms with Gasteiger partial charge >= 0.3 is 0 Å². The zero-order valence-electron chi connectivity index (χ0n) is 22.0. The van der Waals surface area contributed by atoms with Crippen LogP contribution >= 0.6 is 0 Å². The Hall–Kier alpha value is -3.59. The first-order chi connectivity index (χ1) is 18.0. The fourth-order valence-corrected chi connectivity index (χ4v) is 4.53. The summed E-state index contributed by atoms with van der Waals surface area (Å²) in [6.45, 7) is 9.03. The Morgan fingerprint density at radius 3 is 2.62 bits per heavy atom. The zero-order valence-corrected chi connectivity index (χ0v) is 22.0. The number of carbonyl (C=O) groups excluding carboxylic acids is 1. The van der Waals surface area contributed by atoms with Crippen LogP contribution in [0.5, 0.6) is 17.2 Å². The molecular formula is C28H36N4O5. The first-order valence-corrected chi connectivity index (χ1v) is 12.9. The minimum atomic E-state index is -0.152. The van der Waals surface area contributed by atoms with E-state index in [9.17, 15) is 4.79 Å². The summed E-state index contributed by atoms with van der Waals surface area (Å²) in [5.74, 6) is 3.21. The van der Waals surface area contributed by atoms with E-state index in [0.717, 1.165) is 36.3 Å². The second kappa shape index (κ2) is 12.6. The summed E-state index contributed by atoms with van der Waals surface area (Å²) >= 11 is 0. The van der Waals surface area contributed by atoms with E-state index in [2.05, 4.69) is 20.4 Å². The van der Waals surface area contributed by atoms with Crippen LogP contribution in [0.1, 0.15) is 51.1 Å². The highest BCUT2D eigenvalue weighted by Crippen LogP contribution is 2.31. The largest absolute Gasteiger partial charge is 0.497 e. The number of carbonyl (C=O) groups is 1. The third kappa shape index (κ3) is 6.80. The van der Waals surface area contributed by atoms with E-state index in [1.165, 1.54) is 0 Å². The van der Waals surface area contributed by atoms with Gasteiger partial charge in [0.1, 0.15) is 5.75 Å². The zero-order chi connectivity index (χ0) is 26.2. The lowest BCUT2D eigenvalue weighted by Gasteiger charge is -2.31. The van der Waals surface area contributed by atoms with Gasteiger partial charge in [-0.1, -0.05) is 11.2 Å². The molecule has 0 bridgehead atoms. The number of hydrogen-bond donors (Lipinski definition) is 1. The Kier molecular flexibility index (Phi) is 9.00. The molecule has 1 aliphatic rings. The lowest BCUT2D eigenvalue weighted by atomic mass is 9.96. The molecule has 1 fully saturated rings. The molecule has 2 unspecified atom stereocenters. The van der Waals surface area contributed by atoms with Crippen molar-refractivity contribution < 1.29 is 23.5 Å². The summed E-state index contributed by atoms with van der Waals surface area (Å²) in [7, 11) is 1.63. The normalized spacial score (nSPS) is 16.7.